The maximum absolute atomic E-state index is 5.57. The molecule has 1 rings (SSSR count). The number of allylic oxidation sites excluding steroid dienone is 2. The van der Waals surface area contributed by atoms with Gasteiger partial charge in [0, 0.05) is 5.88 Å². The number of hydrogen-bond donors (Lipinski definition) is 0. The highest BCUT2D eigenvalue weighted by Gasteiger charge is 2.15. The van der Waals surface area contributed by atoms with Crippen LogP contribution >= 0.6 is 11.6 Å². The van der Waals surface area contributed by atoms with Crippen molar-refractivity contribution in [3.8, 4) is 0 Å². The van der Waals surface area contributed by atoms with E-state index in [1.54, 1.807) is 0 Å². The third-order valence-electron chi connectivity index (χ3n) is 2.47. The van der Waals surface area contributed by atoms with Crippen molar-refractivity contribution in [2.45, 2.75) is 32.6 Å². The summed E-state index contributed by atoms with van der Waals surface area (Å²) < 4.78 is 0. The van der Waals surface area contributed by atoms with E-state index >= 15 is 0 Å². The van der Waals surface area contributed by atoms with Crippen molar-refractivity contribution in [1.29, 1.82) is 0 Å². The molecule has 0 N–H and O–H groups in total. The van der Waals surface area contributed by atoms with Crippen LogP contribution in [0.1, 0.15) is 32.6 Å². The Kier molecular flexibility index (Phi) is 3.99. The van der Waals surface area contributed by atoms with Gasteiger partial charge < -0.3 is 0 Å². The molecule has 0 amide bonds. The lowest BCUT2D eigenvalue weighted by Gasteiger charge is -2.23. The standard InChI is InChI=1S/C10H17Cl/c1-9-4-2-5-10(8-9)6-3-7-11/h3,6,9-10H,2,4-5,7-8H2,1H3. The fraction of sp³-hybridized carbons (Fsp3) is 0.800. The van der Waals surface area contributed by atoms with Gasteiger partial charge in [0.15, 0.2) is 0 Å². The van der Waals surface area contributed by atoms with Gasteiger partial charge in [-0.2, -0.15) is 0 Å². The van der Waals surface area contributed by atoms with Crippen LogP contribution in [0.5, 0.6) is 0 Å². The fourth-order valence-electron chi connectivity index (χ4n) is 1.90. The lowest BCUT2D eigenvalue weighted by molar-refractivity contribution is 0.325. The maximum atomic E-state index is 5.57. The highest BCUT2D eigenvalue weighted by atomic mass is 35.5. The first-order valence-electron chi connectivity index (χ1n) is 4.55. The van der Waals surface area contributed by atoms with E-state index in [1.807, 2.05) is 0 Å². The van der Waals surface area contributed by atoms with Crippen LogP contribution in [-0.2, 0) is 0 Å². The molecule has 1 aliphatic rings. The van der Waals surface area contributed by atoms with Crippen molar-refractivity contribution in [3.05, 3.63) is 12.2 Å². The number of hydrogen-bond acceptors (Lipinski definition) is 0. The Morgan fingerprint density at radius 3 is 2.91 bits per heavy atom. The summed E-state index contributed by atoms with van der Waals surface area (Å²) in [5, 5.41) is 0. The zero-order valence-corrected chi connectivity index (χ0v) is 7.98. The first kappa shape index (κ1) is 9.12. The van der Waals surface area contributed by atoms with Crippen molar-refractivity contribution in [2.24, 2.45) is 11.8 Å². The van der Waals surface area contributed by atoms with Gasteiger partial charge in [-0.15, -0.1) is 11.6 Å². The number of rotatable bonds is 2. The van der Waals surface area contributed by atoms with E-state index in [2.05, 4.69) is 19.1 Å². The zero-order valence-electron chi connectivity index (χ0n) is 7.22. The van der Waals surface area contributed by atoms with Gasteiger partial charge in [-0.3, -0.25) is 0 Å². The quantitative estimate of drug-likeness (QED) is 0.441. The van der Waals surface area contributed by atoms with Gasteiger partial charge in [0.05, 0.1) is 0 Å². The molecule has 0 spiro atoms. The van der Waals surface area contributed by atoms with Gasteiger partial charge in [0.25, 0.3) is 0 Å². The molecule has 0 aromatic carbocycles. The lowest BCUT2D eigenvalue weighted by atomic mass is 9.82. The Morgan fingerprint density at radius 2 is 2.27 bits per heavy atom. The minimum atomic E-state index is 0.672. The van der Waals surface area contributed by atoms with Gasteiger partial charge in [-0.25, -0.2) is 0 Å². The van der Waals surface area contributed by atoms with Crippen LogP contribution < -0.4 is 0 Å². The van der Waals surface area contributed by atoms with E-state index < -0.39 is 0 Å². The smallest absolute Gasteiger partial charge is 0.0404 e. The lowest BCUT2D eigenvalue weighted by Crippen LogP contribution is -2.10. The van der Waals surface area contributed by atoms with Crippen LogP contribution in [0.25, 0.3) is 0 Å². The molecule has 64 valence electrons. The highest BCUT2D eigenvalue weighted by Crippen LogP contribution is 2.29. The summed E-state index contributed by atoms with van der Waals surface area (Å²) in [4.78, 5) is 0. The summed E-state index contributed by atoms with van der Waals surface area (Å²) in [6.45, 7) is 2.35. The molecule has 0 saturated heterocycles. The second kappa shape index (κ2) is 4.82. The van der Waals surface area contributed by atoms with Crippen LogP contribution in [0.4, 0.5) is 0 Å². The number of alkyl halides is 1. The Hall–Kier alpha value is 0.0300. The molecule has 1 saturated carbocycles. The molecule has 0 aliphatic heterocycles. The van der Waals surface area contributed by atoms with Crippen molar-refractivity contribution < 1.29 is 0 Å². The van der Waals surface area contributed by atoms with Crippen molar-refractivity contribution in [3.63, 3.8) is 0 Å². The normalized spacial score (nSPS) is 32.9. The highest BCUT2D eigenvalue weighted by molar-refractivity contribution is 6.18. The molecule has 0 radical (unpaired) electrons. The predicted octanol–water partition coefficient (Wildman–Crippen LogP) is 3.61. The van der Waals surface area contributed by atoms with E-state index in [-0.39, 0.29) is 0 Å². The van der Waals surface area contributed by atoms with Crippen LogP contribution in [0.15, 0.2) is 12.2 Å². The summed E-state index contributed by atoms with van der Waals surface area (Å²) in [5.41, 5.74) is 0. The molecule has 1 fully saturated rings. The summed E-state index contributed by atoms with van der Waals surface area (Å²) in [7, 11) is 0. The second-order valence-corrected chi connectivity index (χ2v) is 3.92. The average molecular weight is 173 g/mol. The van der Waals surface area contributed by atoms with Crippen molar-refractivity contribution >= 4 is 11.6 Å². The Morgan fingerprint density at radius 1 is 1.45 bits per heavy atom. The molecule has 11 heavy (non-hydrogen) atoms. The molecule has 0 aromatic rings. The Balaban J connectivity index is 2.28. The minimum Gasteiger partial charge on any atom is -0.122 e. The Labute approximate surface area is 74.6 Å². The topological polar surface area (TPSA) is 0 Å². The SMILES string of the molecule is CC1CCCC(C=CCCl)C1. The van der Waals surface area contributed by atoms with Gasteiger partial charge in [0.1, 0.15) is 0 Å². The van der Waals surface area contributed by atoms with E-state index in [0.29, 0.717) is 5.88 Å². The second-order valence-electron chi connectivity index (χ2n) is 3.61. The molecule has 2 unspecified atom stereocenters. The molecule has 0 heterocycles. The van der Waals surface area contributed by atoms with Crippen LogP contribution in [0, 0.1) is 11.8 Å². The molecule has 1 aliphatic carbocycles. The van der Waals surface area contributed by atoms with Crippen LogP contribution in [-0.4, -0.2) is 5.88 Å². The van der Waals surface area contributed by atoms with Gasteiger partial charge in [-0.1, -0.05) is 31.9 Å². The molecule has 1 heteroatoms. The van der Waals surface area contributed by atoms with E-state index in [9.17, 15) is 0 Å². The first-order chi connectivity index (χ1) is 5.33. The molecular weight excluding hydrogens is 156 g/mol. The summed E-state index contributed by atoms with van der Waals surface area (Å²) in [6, 6.07) is 0. The summed E-state index contributed by atoms with van der Waals surface area (Å²) in [6.07, 6.45) is 9.95. The fourth-order valence-corrected chi connectivity index (χ4v) is 2.00. The summed E-state index contributed by atoms with van der Waals surface area (Å²) >= 11 is 5.57. The van der Waals surface area contributed by atoms with Gasteiger partial charge in [-0.05, 0) is 24.7 Å². The molecule has 2 atom stereocenters. The number of halogens is 1. The van der Waals surface area contributed by atoms with Gasteiger partial charge in [0.2, 0.25) is 0 Å². The van der Waals surface area contributed by atoms with Crippen molar-refractivity contribution in [2.75, 3.05) is 5.88 Å². The Bertz CT molecular complexity index is 129. The van der Waals surface area contributed by atoms with Crippen molar-refractivity contribution in [1.82, 2.24) is 0 Å². The molecule has 0 nitrogen and oxygen atoms in total. The molecule has 0 aromatic heterocycles. The first-order valence-corrected chi connectivity index (χ1v) is 5.09. The largest absolute Gasteiger partial charge is 0.122 e. The average Bonchev–Trinajstić information content (AvgIpc) is 2.01. The van der Waals surface area contributed by atoms with E-state index in [0.717, 1.165) is 11.8 Å². The predicted molar refractivity (Wildman–Crippen MR) is 51.0 cm³/mol. The zero-order chi connectivity index (χ0) is 8.10. The van der Waals surface area contributed by atoms with Crippen LogP contribution in [0.3, 0.4) is 0 Å². The van der Waals surface area contributed by atoms with E-state index in [1.165, 1.54) is 25.7 Å². The third kappa shape index (κ3) is 3.29. The summed E-state index contributed by atoms with van der Waals surface area (Å²) in [5.74, 6) is 2.41. The molecule has 0 bridgehead atoms. The molecular formula is C10H17Cl. The minimum absolute atomic E-state index is 0.672. The van der Waals surface area contributed by atoms with Gasteiger partial charge >= 0.3 is 0 Å². The van der Waals surface area contributed by atoms with Crippen LogP contribution in [0.2, 0.25) is 0 Å². The monoisotopic (exact) mass is 172 g/mol. The third-order valence-corrected chi connectivity index (χ3v) is 2.65. The maximum Gasteiger partial charge on any atom is 0.0404 e. The van der Waals surface area contributed by atoms with E-state index in [4.69, 9.17) is 11.6 Å².